The van der Waals surface area contributed by atoms with Gasteiger partial charge >= 0.3 is 0 Å². The Bertz CT molecular complexity index is 302. The summed E-state index contributed by atoms with van der Waals surface area (Å²) in [5.41, 5.74) is 0. The molecular formula is C16H27Br5O. The van der Waals surface area contributed by atoms with E-state index in [0.717, 1.165) is 32.3 Å². The number of hydrogen-bond donors (Lipinski definition) is 0. The summed E-state index contributed by atoms with van der Waals surface area (Å²) in [5.74, 6) is 0.584. The van der Waals surface area contributed by atoms with Gasteiger partial charge in [0, 0.05) is 30.7 Å². The summed E-state index contributed by atoms with van der Waals surface area (Å²) in [4.78, 5) is 2.50. The van der Waals surface area contributed by atoms with Gasteiger partial charge in [-0.3, -0.25) is 0 Å². The van der Waals surface area contributed by atoms with Crippen LogP contribution in [0, 0.1) is 5.92 Å². The molecule has 0 unspecified atom stereocenters. The first-order valence-corrected chi connectivity index (χ1v) is 12.7. The molecule has 0 aliphatic heterocycles. The Balaban J connectivity index is 2.69. The number of hydrogen-bond acceptors (Lipinski definition) is 1. The Morgan fingerprint density at radius 3 is 1.45 bits per heavy atom. The number of ether oxygens (including phenoxy) is 1. The van der Waals surface area contributed by atoms with Crippen molar-refractivity contribution in [1.82, 2.24) is 0 Å². The van der Waals surface area contributed by atoms with Gasteiger partial charge in [0.2, 0.25) is 0 Å². The molecule has 1 rings (SSSR count). The van der Waals surface area contributed by atoms with Crippen LogP contribution in [0.25, 0.3) is 0 Å². The molecule has 0 aromatic heterocycles. The highest BCUT2D eigenvalue weighted by Crippen LogP contribution is 2.33. The second-order valence-corrected chi connectivity index (χ2v) is 12.5. The lowest BCUT2D eigenvalue weighted by atomic mass is 9.99. The molecule has 1 aliphatic carbocycles. The van der Waals surface area contributed by atoms with Gasteiger partial charge in [-0.05, 0) is 44.4 Å². The molecule has 0 radical (unpaired) electrons. The van der Waals surface area contributed by atoms with Crippen LogP contribution in [0.5, 0.6) is 0 Å². The molecule has 1 saturated carbocycles. The van der Waals surface area contributed by atoms with Crippen LogP contribution in [0.4, 0.5) is 0 Å². The molecule has 132 valence electrons. The Kier molecular flexibility index (Phi) is 12.1. The maximum Gasteiger partial charge on any atom is 0.0700 e. The monoisotopic (exact) mass is 630 g/mol. The third-order valence-electron chi connectivity index (χ3n) is 4.00. The third kappa shape index (κ3) is 8.64. The molecule has 0 amide bonds. The highest BCUT2D eigenvalue weighted by molar-refractivity contribution is 9.12. The summed E-state index contributed by atoms with van der Waals surface area (Å²) < 4.78 is 6.20. The SMILES string of the molecule is CC(C)CO[C@H]1CC[C@H](Br)[C@@H](Br)CC[C@H](Br)[C@H](Br)CC[C@H]1Br. The predicted octanol–water partition coefficient (Wildman–Crippen LogP) is 7.20. The van der Waals surface area contributed by atoms with Gasteiger partial charge in [0.25, 0.3) is 0 Å². The largest absolute Gasteiger partial charge is 0.377 e. The van der Waals surface area contributed by atoms with Crippen LogP contribution < -0.4 is 0 Å². The average molecular weight is 635 g/mol. The maximum atomic E-state index is 6.20. The van der Waals surface area contributed by atoms with Gasteiger partial charge in [-0.15, -0.1) is 0 Å². The Morgan fingerprint density at radius 2 is 1.05 bits per heavy atom. The highest BCUT2D eigenvalue weighted by atomic mass is 79.9. The highest BCUT2D eigenvalue weighted by Gasteiger charge is 2.27. The Morgan fingerprint density at radius 1 is 0.682 bits per heavy atom. The molecule has 22 heavy (non-hydrogen) atoms. The molecule has 0 spiro atoms. The lowest BCUT2D eigenvalue weighted by Gasteiger charge is -2.29. The number of halogens is 5. The van der Waals surface area contributed by atoms with E-state index in [1.165, 1.54) is 12.8 Å². The van der Waals surface area contributed by atoms with E-state index < -0.39 is 0 Å². The molecule has 1 nitrogen and oxygen atoms in total. The molecule has 1 aliphatic rings. The molecule has 0 aromatic carbocycles. The van der Waals surface area contributed by atoms with Crippen molar-refractivity contribution >= 4 is 79.6 Å². The van der Waals surface area contributed by atoms with Crippen LogP contribution in [0.2, 0.25) is 0 Å². The van der Waals surface area contributed by atoms with E-state index in [1.54, 1.807) is 0 Å². The fourth-order valence-corrected chi connectivity index (χ4v) is 5.35. The van der Waals surface area contributed by atoms with Gasteiger partial charge in [-0.25, -0.2) is 0 Å². The third-order valence-corrected chi connectivity index (χ3v) is 10.8. The standard InChI is InChI=1S/C16H27Br5O/c1-10(2)9-22-16-8-7-14(20)12(18)4-3-11(17)13(19)5-6-15(16)21/h10-16H,3-9H2,1-2H3/t11-,12-,13+,14-,15+,16-/m0/s1. The van der Waals surface area contributed by atoms with E-state index in [1.807, 2.05) is 0 Å². The average Bonchev–Trinajstić information content (AvgIpc) is 2.47. The van der Waals surface area contributed by atoms with E-state index in [2.05, 4.69) is 93.5 Å². The minimum atomic E-state index is 0.301. The van der Waals surface area contributed by atoms with Crippen molar-refractivity contribution in [2.24, 2.45) is 5.92 Å². The fourth-order valence-electron chi connectivity index (χ4n) is 2.55. The Hall–Kier alpha value is 2.36. The van der Waals surface area contributed by atoms with Crippen LogP contribution >= 0.6 is 79.6 Å². The lowest BCUT2D eigenvalue weighted by Crippen LogP contribution is -2.30. The molecule has 0 aromatic rings. The normalized spacial score (nSPS) is 39.3. The van der Waals surface area contributed by atoms with Crippen LogP contribution in [-0.4, -0.2) is 36.8 Å². The summed E-state index contributed by atoms with van der Waals surface area (Å²) in [6.07, 6.45) is 7.23. The van der Waals surface area contributed by atoms with Gasteiger partial charge < -0.3 is 4.74 Å². The van der Waals surface area contributed by atoms with E-state index in [9.17, 15) is 0 Å². The maximum absolute atomic E-state index is 6.20. The van der Waals surface area contributed by atoms with Gasteiger partial charge in [0.05, 0.1) is 6.10 Å². The fraction of sp³-hybridized carbons (Fsp3) is 1.00. The molecule has 1 fully saturated rings. The minimum absolute atomic E-state index is 0.301. The van der Waals surface area contributed by atoms with Gasteiger partial charge in [-0.2, -0.15) is 0 Å². The van der Waals surface area contributed by atoms with Crippen LogP contribution in [0.15, 0.2) is 0 Å². The van der Waals surface area contributed by atoms with Crippen molar-refractivity contribution in [2.45, 2.75) is 82.6 Å². The second-order valence-electron chi connectivity index (χ2n) is 6.58. The van der Waals surface area contributed by atoms with E-state index >= 15 is 0 Å². The van der Waals surface area contributed by atoms with E-state index in [4.69, 9.17) is 4.74 Å². The van der Waals surface area contributed by atoms with Crippen molar-refractivity contribution in [1.29, 1.82) is 0 Å². The van der Waals surface area contributed by atoms with Crippen LogP contribution in [0.3, 0.4) is 0 Å². The van der Waals surface area contributed by atoms with Crippen LogP contribution in [-0.2, 0) is 4.74 Å². The summed E-state index contributed by atoms with van der Waals surface area (Å²) in [5, 5.41) is 0. The van der Waals surface area contributed by atoms with Crippen molar-refractivity contribution in [3.63, 3.8) is 0 Å². The molecular weight excluding hydrogens is 608 g/mol. The van der Waals surface area contributed by atoms with Gasteiger partial charge in [0.15, 0.2) is 0 Å². The minimum Gasteiger partial charge on any atom is -0.377 e. The van der Waals surface area contributed by atoms with Gasteiger partial charge in [-0.1, -0.05) is 93.5 Å². The lowest BCUT2D eigenvalue weighted by molar-refractivity contribution is 0.0278. The summed E-state index contributed by atoms with van der Waals surface area (Å²) in [6, 6.07) is 0. The first-order valence-electron chi connectivity index (χ1n) is 8.13. The van der Waals surface area contributed by atoms with Crippen molar-refractivity contribution in [2.75, 3.05) is 6.61 Å². The van der Waals surface area contributed by atoms with Crippen molar-refractivity contribution < 1.29 is 4.74 Å². The topological polar surface area (TPSA) is 9.23 Å². The first kappa shape index (κ1) is 22.4. The summed E-state index contributed by atoms with van der Waals surface area (Å²) >= 11 is 19.3. The van der Waals surface area contributed by atoms with Crippen molar-refractivity contribution in [3.05, 3.63) is 0 Å². The van der Waals surface area contributed by atoms with E-state index in [0.29, 0.717) is 36.2 Å². The zero-order valence-corrected chi connectivity index (χ0v) is 21.2. The summed E-state index contributed by atoms with van der Waals surface area (Å²) in [6.45, 7) is 5.27. The smallest absolute Gasteiger partial charge is 0.0700 e. The number of rotatable bonds is 3. The molecule has 0 N–H and O–H groups in total. The molecule has 0 heterocycles. The zero-order valence-electron chi connectivity index (χ0n) is 13.3. The molecule has 0 bridgehead atoms. The van der Waals surface area contributed by atoms with Gasteiger partial charge in [0.1, 0.15) is 0 Å². The molecule has 6 atom stereocenters. The second kappa shape index (κ2) is 11.9. The molecule has 0 saturated heterocycles. The quantitative estimate of drug-likeness (QED) is 0.299. The van der Waals surface area contributed by atoms with Crippen molar-refractivity contribution in [3.8, 4) is 0 Å². The first-order chi connectivity index (χ1) is 10.3. The van der Waals surface area contributed by atoms with E-state index in [-0.39, 0.29) is 0 Å². The predicted molar refractivity (Wildman–Crippen MR) is 116 cm³/mol. The summed E-state index contributed by atoms with van der Waals surface area (Å²) in [7, 11) is 0. The zero-order chi connectivity index (χ0) is 16.7. The van der Waals surface area contributed by atoms with Crippen LogP contribution in [0.1, 0.15) is 52.4 Å². The number of alkyl halides is 5. The molecule has 6 heteroatoms. The Labute approximate surface area is 178 Å².